The summed E-state index contributed by atoms with van der Waals surface area (Å²) in [6.45, 7) is 4.15. The zero-order valence-corrected chi connectivity index (χ0v) is 14.4. The molecule has 1 aromatic carbocycles. The molecule has 2 aliphatic rings. The number of aromatic nitrogens is 2. The van der Waals surface area contributed by atoms with Gasteiger partial charge in [0.05, 0.1) is 11.8 Å². The highest BCUT2D eigenvalue weighted by atomic mass is 16.2. The Morgan fingerprint density at radius 2 is 2.20 bits per heavy atom. The van der Waals surface area contributed by atoms with Crippen LogP contribution in [0.5, 0.6) is 0 Å². The predicted octanol–water partition coefficient (Wildman–Crippen LogP) is 2.47. The van der Waals surface area contributed by atoms with Gasteiger partial charge in [-0.2, -0.15) is 5.10 Å². The number of benzene rings is 1. The van der Waals surface area contributed by atoms with Crippen LogP contribution >= 0.6 is 0 Å². The van der Waals surface area contributed by atoms with E-state index < -0.39 is 0 Å². The van der Waals surface area contributed by atoms with Crippen molar-refractivity contribution < 1.29 is 9.59 Å². The molecule has 0 bridgehead atoms. The number of nitrogens with one attached hydrogen (secondary N) is 1. The highest BCUT2D eigenvalue weighted by Crippen LogP contribution is 2.39. The normalized spacial score (nSPS) is 19.6. The first-order valence-electron chi connectivity index (χ1n) is 8.83. The summed E-state index contributed by atoms with van der Waals surface area (Å²) in [5, 5.41) is 6.80. The van der Waals surface area contributed by atoms with Gasteiger partial charge in [-0.05, 0) is 31.4 Å². The van der Waals surface area contributed by atoms with Crippen molar-refractivity contribution in [1.82, 2.24) is 15.1 Å². The quantitative estimate of drug-likeness (QED) is 0.931. The Morgan fingerprint density at radius 1 is 1.36 bits per heavy atom. The van der Waals surface area contributed by atoms with Gasteiger partial charge in [-0.15, -0.1) is 0 Å². The molecule has 0 aliphatic carbocycles. The van der Waals surface area contributed by atoms with Crippen LogP contribution in [-0.4, -0.2) is 46.5 Å². The Bertz CT molecular complexity index is 813. The smallest absolute Gasteiger partial charge is 0.261 e. The van der Waals surface area contributed by atoms with Gasteiger partial charge >= 0.3 is 0 Å². The molecule has 1 aromatic heterocycles. The first kappa shape index (κ1) is 15.9. The van der Waals surface area contributed by atoms with Crippen molar-refractivity contribution in [3.63, 3.8) is 0 Å². The van der Waals surface area contributed by atoms with Crippen molar-refractivity contribution in [2.24, 2.45) is 0 Å². The first-order valence-corrected chi connectivity index (χ1v) is 8.83. The van der Waals surface area contributed by atoms with E-state index in [-0.39, 0.29) is 17.7 Å². The van der Waals surface area contributed by atoms with E-state index in [1.165, 1.54) is 5.56 Å². The number of anilines is 1. The van der Waals surface area contributed by atoms with E-state index >= 15 is 0 Å². The number of carbonyl (C=O) groups is 2. The fourth-order valence-corrected chi connectivity index (χ4v) is 3.90. The molecule has 0 saturated carbocycles. The number of hydrogen-bond donors (Lipinski definition) is 1. The van der Waals surface area contributed by atoms with Crippen molar-refractivity contribution in [3.8, 4) is 0 Å². The van der Waals surface area contributed by atoms with Crippen LogP contribution in [0.1, 0.15) is 46.8 Å². The van der Waals surface area contributed by atoms with Crippen LogP contribution in [0.3, 0.4) is 0 Å². The largest absolute Gasteiger partial charge is 0.343 e. The summed E-state index contributed by atoms with van der Waals surface area (Å²) in [6, 6.07) is 8.09. The molecular weight excluding hydrogens is 316 g/mol. The van der Waals surface area contributed by atoms with Crippen LogP contribution < -0.4 is 4.90 Å². The number of hydrogen-bond acceptors (Lipinski definition) is 3. The van der Waals surface area contributed by atoms with Gasteiger partial charge in [0.2, 0.25) is 5.91 Å². The van der Waals surface area contributed by atoms with Gasteiger partial charge in [0, 0.05) is 43.4 Å². The summed E-state index contributed by atoms with van der Waals surface area (Å²) in [6.07, 6.45) is 4.11. The van der Waals surface area contributed by atoms with E-state index in [1.807, 2.05) is 34.9 Å². The van der Waals surface area contributed by atoms with E-state index in [2.05, 4.69) is 16.3 Å². The van der Waals surface area contributed by atoms with E-state index in [4.69, 9.17) is 0 Å². The van der Waals surface area contributed by atoms with Gasteiger partial charge in [0.1, 0.15) is 0 Å². The fourth-order valence-electron chi connectivity index (χ4n) is 3.90. The number of nitrogens with zero attached hydrogens (tertiary/aromatic N) is 3. The van der Waals surface area contributed by atoms with Crippen LogP contribution in [0.25, 0.3) is 0 Å². The summed E-state index contributed by atoms with van der Waals surface area (Å²) < 4.78 is 0. The number of rotatable bonds is 4. The molecule has 0 radical (unpaired) electrons. The second kappa shape index (κ2) is 6.35. The van der Waals surface area contributed by atoms with Crippen LogP contribution in [0, 0.1) is 6.92 Å². The van der Waals surface area contributed by atoms with Gasteiger partial charge in [-0.25, -0.2) is 0 Å². The molecule has 1 fully saturated rings. The molecule has 1 N–H and O–H groups in total. The van der Waals surface area contributed by atoms with Gasteiger partial charge in [0.25, 0.3) is 5.91 Å². The van der Waals surface area contributed by atoms with E-state index in [9.17, 15) is 9.59 Å². The molecular formula is C19H22N4O2. The Labute approximate surface area is 146 Å². The number of amides is 2. The summed E-state index contributed by atoms with van der Waals surface area (Å²) in [7, 11) is 0. The standard InChI is InChI=1S/C19H22N4O2/c1-13-16(11-20-21-13)19(25)23-12-14(15-5-2-3-6-17(15)23)8-10-22-9-4-7-18(22)24/h2-3,5-6,11,14H,4,7-10,12H2,1H3,(H,20,21)/t14-/m1/s1. The second-order valence-corrected chi connectivity index (χ2v) is 6.85. The maximum atomic E-state index is 13.0. The van der Waals surface area contributed by atoms with Gasteiger partial charge in [0.15, 0.2) is 0 Å². The minimum absolute atomic E-state index is 0.0153. The van der Waals surface area contributed by atoms with E-state index in [0.717, 1.165) is 37.3 Å². The lowest BCUT2D eigenvalue weighted by Gasteiger charge is -2.20. The monoisotopic (exact) mass is 338 g/mol. The predicted molar refractivity (Wildman–Crippen MR) is 94.6 cm³/mol. The molecule has 4 rings (SSSR count). The van der Waals surface area contributed by atoms with Gasteiger partial charge < -0.3 is 9.80 Å². The summed E-state index contributed by atoms with van der Waals surface area (Å²) in [5.41, 5.74) is 3.58. The van der Waals surface area contributed by atoms with Crippen molar-refractivity contribution >= 4 is 17.5 Å². The van der Waals surface area contributed by atoms with Gasteiger partial charge in [-0.1, -0.05) is 18.2 Å². The van der Waals surface area contributed by atoms with E-state index in [0.29, 0.717) is 18.5 Å². The number of likely N-dealkylation sites (tertiary alicyclic amines) is 1. The Kier molecular flexibility index (Phi) is 4.03. The Morgan fingerprint density at radius 3 is 2.92 bits per heavy atom. The van der Waals surface area contributed by atoms with Crippen molar-refractivity contribution in [2.75, 3.05) is 24.5 Å². The zero-order chi connectivity index (χ0) is 17.4. The summed E-state index contributed by atoms with van der Waals surface area (Å²) in [5.74, 6) is 0.507. The molecule has 1 atom stereocenters. The second-order valence-electron chi connectivity index (χ2n) is 6.85. The summed E-state index contributed by atoms with van der Waals surface area (Å²) in [4.78, 5) is 28.6. The number of para-hydroxylation sites is 1. The lowest BCUT2D eigenvalue weighted by molar-refractivity contribution is -0.127. The lowest BCUT2D eigenvalue weighted by Crippen LogP contribution is -2.31. The van der Waals surface area contributed by atoms with Crippen LogP contribution in [0.15, 0.2) is 30.5 Å². The highest BCUT2D eigenvalue weighted by Gasteiger charge is 2.34. The molecule has 130 valence electrons. The average Bonchev–Trinajstić information content (AvgIpc) is 3.31. The highest BCUT2D eigenvalue weighted by molar-refractivity contribution is 6.08. The van der Waals surface area contributed by atoms with Crippen molar-refractivity contribution in [3.05, 3.63) is 47.3 Å². The average molecular weight is 338 g/mol. The third-order valence-corrected chi connectivity index (χ3v) is 5.29. The lowest BCUT2D eigenvalue weighted by atomic mass is 9.98. The third-order valence-electron chi connectivity index (χ3n) is 5.29. The molecule has 2 aliphatic heterocycles. The maximum absolute atomic E-state index is 13.0. The molecule has 1 saturated heterocycles. The van der Waals surface area contributed by atoms with Gasteiger partial charge in [-0.3, -0.25) is 14.7 Å². The number of fused-ring (bicyclic) bond motifs is 1. The molecule has 6 heteroatoms. The molecule has 3 heterocycles. The molecule has 0 spiro atoms. The number of H-pyrrole nitrogens is 1. The Hall–Kier alpha value is -2.63. The Balaban J connectivity index is 1.54. The summed E-state index contributed by atoms with van der Waals surface area (Å²) >= 11 is 0. The van der Waals surface area contributed by atoms with E-state index in [1.54, 1.807) is 6.20 Å². The molecule has 6 nitrogen and oxygen atoms in total. The topological polar surface area (TPSA) is 69.3 Å². The molecule has 0 unspecified atom stereocenters. The minimum atomic E-state index is -0.0153. The van der Waals surface area contributed by atoms with Crippen LogP contribution in [0.2, 0.25) is 0 Å². The maximum Gasteiger partial charge on any atom is 0.261 e. The molecule has 2 amide bonds. The zero-order valence-electron chi connectivity index (χ0n) is 14.4. The first-order chi connectivity index (χ1) is 12.1. The minimum Gasteiger partial charge on any atom is -0.343 e. The fraction of sp³-hybridized carbons (Fsp3) is 0.421. The molecule has 2 aromatic rings. The van der Waals surface area contributed by atoms with Crippen LogP contribution in [-0.2, 0) is 4.79 Å². The molecule has 25 heavy (non-hydrogen) atoms. The number of carbonyl (C=O) groups excluding carboxylic acids is 2. The number of aryl methyl sites for hydroxylation is 1. The number of aromatic amines is 1. The van der Waals surface area contributed by atoms with Crippen molar-refractivity contribution in [1.29, 1.82) is 0 Å². The third kappa shape index (κ3) is 2.81. The SMILES string of the molecule is Cc1[nH]ncc1C(=O)N1C[C@@H](CCN2CCCC2=O)c2ccccc21. The van der Waals surface area contributed by atoms with Crippen LogP contribution in [0.4, 0.5) is 5.69 Å². The van der Waals surface area contributed by atoms with Crippen molar-refractivity contribution in [2.45, 2.75) is 32.1 Å².